The van der Waals surface area contributed by atoms with E-state index in [0.717, 1.165) is 28.7 Å². The summed E-state index contributed by atoms with van der Waals surface area (Å²) in [5.74, 6) is -0.604. The van der Waals surface area contributed by atoms with Gasteiger partial charge in [-0.2, -0.15) is 10.1 Å². The number of aromatic carboxylic acids is 1. The molecule has 1 saturated carbocycles. The standard InChI is InChI=1S/C23H17ClF2N4O3/c1-12-10-14(24)4-7-16(12)23(8-9-23)22-27-20(33-29-22)17-11-18(19(25)26)30(28-17)15-5-2-13(3-6-15)21(31)32/h2-7,10-11,19H,8-9H2,1H3,(H,31,32). The van der Waals surface area contributed by atoms with Crippen molar-refractivity contribution in [1.82, 2.24) is 19.9 Å². The average Bonchev–Trinajstić information content (AvgIpc) is 3.22. The number of halogens is 3. The summed E-state index contributed by atoms with van der Waals surface area (Å²) >= 11 is 6.08. The van der Waals surface area contributed by atoms with Crippen LogP contribution >= 0.6 is 11.6 Å². The third kappa shape index (κ3) is 3.68. The van der Waals surface area contributed by atoms with Gasteiger partial charge in [-0.25, -0.2) is 18.3 Å². The Kier molecular flexibility index (Phi) is 5.01. The summed E-state index contributed by atoms with van der Waals surface area (Å²) in [7, 11) is 0. The predicted molar refractivity (Wildman–Crippen MR) is 115 cm³/mol. The Labute approximate surface area is 191 Å². The molecular weight excluding hydrogens is 454 g/mol. The lowest BCUT2D eigenvalue weighted by Crippen LogP contribution is -2.12. The second-order valence-electron chi connectivity index (χ2n) is 7.98. The molecule has 0 saturated heterocycles. The lowest BCUT2D eigenvalue weighted by Gasteiger charge is -2.14. The van der Waals surface area contributed by atoms with Gasteiger partial charge in [0.2, 0.25) is 0 Å². The number of aryl methyl sites for hydroxylation is 1. The van der Waals surface area contributed by atoms with Gasteiger partial charge in [0, 0.05) is 5.02 Å². The Morgan fingerprint density at radius 2 is 1.91 bits per heavy atom. The molecule has 7 nitrogen and oxygen atoms in total. The molecule has 0 amide bonds. The first-order chi connectivity index (χ1) is 15.8. The lowest BCUT2D eigenvalue weighted by atomic mass is 9.91. The average molecular weight is 471 g/mol. The first kappa shape index (κ1) is 21.3. The SMILES string of the molecule is Cc1cc(Cl)ccc1C1(c2noc(-c3cc(C(F)F)n(-c4ccc(C(=O)O)cc4)n3)n2)CC1. The molecule has 2 aromatic heterocycles. The van der Waals surface area contributed by atoms with E-state index in [0.29, 0.717) is 10.8 Å². The van der Waals surface area contributed by atoms with Gasteiger partial charge in [-0.1, -0.05) is 22.8 Å². The number of rotatable bonds is 6. The zero-order valence-electron chi connectivity index (χ0n) is 17.3. The number of aromatic nitrogens is 4. The van der Waals surface area contributed by atoms with Crippen LogP contribution in [0.1, 0.15) is 52.3 Å². The first-order valence-electron chi connectivity index (χ1n) is 10.1. The number of alkyl halides is 2. The van der Waals surface area contributed by atoms with E-state index in [4.69, 9.17) is 21.2 Å². The molecule has 33 heavy (non-hydrogen) atoms. The number of hydrogen-bond acceptors (Lipinski definition) is 5. The molecule has 1 N–H and O–H groups in total. The van der Waals surface area contributed by atoms with Crippen LogP contribution in [0.3, 0.4) is 0 Å². The van der Waals surface area contributed by atoms with Crippen molar-refractivity contribution >= 4 is 17.6 Å². The van der Waals surface area contributed by atoms with Gasteiger partial charge in [-0.05, 0) is 73.4 Å². The largest absolute Gasteiger partial charge is 0.478 e. The molecule has 0 spiro atoms. The van der Waals surface area contributed by atoms with E-state index < -0.39 is 17.8 Å². The third-order valence-corrected chi connectivity index (χ3v) is 6.08. The van der Waals surface area contributed by atoms with E-state index in [9.17, 15) is 13.6 Å². The molecule has 10 heteroatoms. The summed E-state index contributed by atoms with van der Waals surface area (Å²) in [6.45, 7) is 1.97. The molecule has 1 fully saturated rings. The number of benzene rings is 2. The summed E-state index contributed by atoms with van der Waals surface area (Å²) in [6.07, 6.45) is -1.15. The fourth-order valence-corrected chi connectivity index (χ4v) is 4.26. The number of carboxylic acid groups (broad SMARTS) is 1. The van der Waals surface area contributed by atoms with E-state index in [1.807, 2.05) is 25.1 Å². The van der Waals surface area contributed by atoms with E-state index in [-0.39, 0.29) is 28.5 Å². The van der Waals surface area contributed by atoms with Crippen LogP contribution in [0.15, 0.2) is 53.1 Å². The van der Waals surface area contributed by atoms with Crippen LogP contribution in [0, 0.1) is 6.92 Å². The van der Waals surface area contributed by atoms with E-state index in [1.165, 1.54) is 30.3 Å². The Morgan fingerprint density at radius 3 is 2.52 bits per heavy atom. The van der Waals surface area contributed by atoms with Gasteiger partial charge in [0.25, 0.3) is 12.3 Å². The van der Waals surface area contributed by atoms with Crippen molar-refractivity contribution in [3.05, 3.63) is 81.8 Å². The van der Waals surface area contributed by atoms with Crippen LogP contribution in [0.4, 0.5) is 8.78 Å². The van der Waals surface area contributed by atoms with Gasteiger partial charge in [0.15, 0.2) is 11.5 Å². The van der Waals surface area contributed by atoms with Crippen LogP contribution in [0.2, 0.25) is 5.02 Å². The normalized spacial score (nSPS) is 14.6. The summed E-state index contributed by atoms with van der Waals surface area (Å²) < 4.78 is 33.9. The zero-order valence-corrected chi connectivity index (χ0v) is 18.1. The van der Waals surface area contributed by atoms with Crippen LogP contribution in [0.5, 0.6) is 0 Å². The highest BCUT2D eigenvalue weighted by Crippen LogP contribution is 2.53. The lowest BCUT2D eigenvalue weighted by molar-refractivity contribution is 0.0697. The van der Waals surface area contributed by atoms with E-state index in [2.05, 4.69) is 15.2 Å². The predicted octanol–water partition coefficient (Wildman–Crippen LogP) is 5.60. The molecule has 0 bridgehead atoms. The molecule has 2 aromatic carbocycles. The first-order valence-corrected chi connectivity index (χ1v) is 10.5. The minimum Gasteiger partial charge on any atom is -0.478 e. The second kappa shape index (κ2) is 7.77. The molecule has 1 aliphatic carbocycles. The molecule has 1 aliphatic rings. The Bertz CT molecular complexity index is 1360. The fraction of sp³-hybridized carbons (Fsp3) is 0.217. The van der Waals surface area contributed by atoms with Crippen LogP contribution < -0.4 is 0 Å². The molecule has 4 aromatic rings. The summed E-state index contributed by atoms with van der Waals surface area (Å²) in [5, 5.41) is 18.1. The van der Waals surface area contributed by atoms with Gasteiger partial charge in [-0.3, -0.25) is 0 Å². The summed E-state index contributed by atoms with van der Waals surface area (Å²) in [5.41, 5.74) is 1.74. The van der Waals surface area contributed by atoms with Crippen LogP contribution in [-0.2, 0) is 5.41 Å². The molecule has 168 valence electrons. The smallest absolute Gasteiger partial charge is 0.335 e. The highest BCUT2D eigenvalue weighted by molar-refractivity contribution is 6.30. The summed E-state index contributed by atoms with van der Waals surface area (Å²) in [4.78, 5) is 15.6. The quantitative estimate of drug-likeness (QED) is 0.394. The van der Waals surface area contributed by atoms with E-state index >= 15 is 0 Å². The highest BCUT2D eigenvalue weighted by Gasteiger charge is 2.50. The van der Waals surface area contributed by atoms with Crippen molar-refractivity contribution in [3.63, 3.8) is 0 Å². The minimum atomic E-state index is -2.82. The summed E-state index contributed by atoms with van der Waals surface area (Å²) in [6, 6.07) is 12.3. The van der Waals surface area contributed by atoms with Crippen LogP contribution in [-0.4, -0.2) is 31.0 Å². The van der Waals surface area contributed by atoms with Gasteiger partial charge in [-0.15, -0.1) is 0 Å². The van der Waals surface area contributed by atoms with Crippen molar-refractivity contribution in [2.24, 2.45) is 0 Å². The molecule has 0 unspecified atom stereocenters. The maximum atomic E-state index is 13.7. The molecule has 5 rings (SSSR count). The van der Waals surface area contributed by atoms with E-state index in [1.54, 1.807) is 0 Å². The van der Waals surface area contributed by atoms with Gasteiger partial charge in [0.05, 0.1) is 16.7 Å². The van der Waals surface area contributed by atoms with Crippen molar-refractivity contribution in [2.45, 2.75) is 31.6 Å². The van der Waals surface area contributed by atoms with Gasteiger partial charge < -0.3 is 9.63 Å². The molecule has 0 radical (unpaired) electrons. The Hall–Kier alpha value is -3.59. The van der Waals surface area contributed by atoms with Crippen molar-refractivity contribution < 1.29 is 23.2 Å². The van der Waals surface area contributed by atoms with Gasteiger partial charge in [0.1, 0.15) is 5.69 Å². The Balaban J connectivity index is 1.51. The third-order valence-electron chi connectivity index (χ3n) is 5.85. The van der Waals surface area contributed by atoms with Gasteiger partial charge >= 0.3 is 5.97 Å². The second-order valence-corrected chi connectivity index (χ2v) is 8.42. The number of carboxylic acids is 1. The number of carbonyl (C=O) groups is 1. The van der Waals surface area contributed by atoms with Crippen molar-refractivity contribution in [3.8, 4) is 17.3 Å². The number of nitrogens with zero attached hydrogens (tertiary/aromatic N) is 4. The Morgan fingerprint density at radius 1 is 1.18 bits per heavy atom. The maximum absolute atomic E-state index is 13.7. The minimum absolute atomic E-state index is 0.0331. The highest BCUT2D eigenvalue weighted by atomic mass is 35.5. The monoisotopic (exact) mass is 470 g/mol. The molecule has 2 heterocycles. The fourth-order valence-electron chi connectivity index (χ4n) is 4.03. The topological polar surface area (TPSA) is 94.0 Å². The molecular formula is C23H17ClF2N4O3. The van der Waals surface area contributed by atoms with Crippen molar-refractivity contribution in [2.75, 3.05) is 0 Å². The van der Waals surface area contributed by atoms with Crippen molar-refractivity contribution in [1.29, 1.82) is 0 Å². The number of hydrogen-bond donors (Lipinski definition) is 1. The maximum Gasteiger partial charge on any atom is 0.335 e. The molecule has 0 aliphatic heterocycles. The zero-order chi connectivity index (χ0) is 23.3. The van der Waals surface area contributed by atoms with Crippen LogP contribution in [0.25, 0.3) is 17.3 Å². The molecule has 0 atom stereocenters.